The van der Waals surface area contributed by atoms with E-state index in [9.17, 15) is 9.59 Å². The van der Waals surface area contributed by atoms with Crippen LogP contribution in [0.15, 0.2) is 30.3 Å². The van der Waals surface area contributed by atoms with Crippen molar-refractivity contribution in [3.8, 4) is 0 Å². The van der Waals surface area contributed by atoms with E-state index in [1.165, 1.54) is 0 Å². The lowest BCUT2D eigenvalue weighted by Crippen LogP contribution is -2.45. The van der Waals surface area contributed by atoms with Gasteiger partial charge in [0.2, 0.25) is 11.8 Å². The zero-order valence-corrected chi connectivity index (χ0v) is 12.7. The molecule has 0 saturated carbocycles. The molecule has 1 saturated heterocycles. The molecule has 1 aliphatic rings. The Kier molecular flexibility index (Phi) is 4.96. The van der Waals surface area contributed by atoms with E-state index in [1.54, 1.807) is 23.9 Å². The summed E-state index contributed by atoms with van der Waals surface area (Å²) in [5.41, 5.74) is 6.87. The lowest BCUT2D eigenvalue weighted by Gasteiger charge is -2.33. The standard InChI is InChI=1S/C16H23N3O2/c1-18(2)15(20)13-8-10-19(11-9-13)16(21)14(17)12-6-4-3-5-7-12/h3-7,13-14H,8-11,17H2,1-2H3. The topological polar surface area (TPSA) is 66.6 Å². The van der Waals surface area contributed by atoms with Crippen LogP contribution in [0.25, 0.3) is 0 Å². The number of piperidine rings is 1. The quantitative estimate of drug-likeness (QED) is 0.903. The summed E-state index contributed by atoms with van der Waals surface area (Å²) in [5, 5.41) is 0. The first-order valence-electron chi connectivity index (χ1n) is 7.31. The zero-order valence-electron chi connectivity index (χ0n) is 12.7. The summed E-state index contributed by atoms with van der Waals surface area (Å²) >= 11 is 0. The molecule has 0 spiro atoms. The van der Waals surface area contributed by atoms with E-state index >= 15 is 0 Å². The van der Waals surface area contributed by atoms with E-state index in [2.05, 4.69) is 0 Å². The van der Waals surface area contributed by atoms with E-state index in [0.717, 1.165) is 5.56 Å². The first kappa shape index (κ1) is 15.5. The molecule has 1 unspecified atom stereocenters. The molecule has 5 heteroatoms. The summed E-state index contributed by atoms with van der Waals surface area (Å²) < 4.78 is 0. The van der Waals surface area contributed by atoms with Crippen LogP contribution in [-0.4, -0.2) is 48.8 Å². The molecule has 0 aromatic heterocycles. The first-order valence-corrected chi connectivity index (χ1v) is 7.31. The summed E-state index contributed by atoms with van der Waals surface area (Å²) in [7, 11) is 3.54. The second kappa shape index (κ2) is 6.72. The highest BCUT2D eigenvalue weighted by Gasteiger charge is 2.30. The van der Waals surface area contributed by atoms with Crippen LogP contribution in [0.4, 0.5) is 0 Å². The average molecular weight is 289 g/mol. The van der Waals surface area contributed by atoms with Crippen LogP contribution in [0, 0.1) is 5.92 Å². The van der Waals surface area contributed by atoms with Gasteiger partial charge in [-0.05, 0) is 18.4 Å². The Morgan fingerprint density at radius 3 is 2.29 bits per heavy atom. The molecule has 2 N–H and O–H groups in total. The second-order valence-electron chi connectivity index (χ2n) is 5.72. The van der Waals surface area contributed by atoms with E-state index in [0.29, 0.717) is 25.9 Å². The van der Waals surface area contributed by atoms with Crippen molar-refractivity contribution in [1.82, 2.24) is 9.80 Å². The third-order valence-electron chi connectivity index (χ3n) is 4.02. The fourth-order valence-corrected chi connectivity index (χ4v) is 2.71. The predicted molar refractivity (Wildman–Crippen MR) is 81.4 cm³/mol. The monoisotopic (exact) mass is 289 g/mol. The minimum Gasteiger partial charge on any atom is -0.349 e. The summed E-state index contributed by atoms with van der Waals surface area (Å²) in [6.07, 6.45) is 1.43. The number of amides is 2. The van der Waals surface area contributed by atoms with Gasteiger partial charge in [-0.1, -0.05) is 30.3 Å². The van der Waals surface area contributed by atoms with Crippen LogP contribution in [-0.2, 0) is 9.59 Å². The normalized spacial score (nSPS) is 17.4. The van der Waals surface area contributed by atoms with Crippen molar-refractivity contribution < 1.29 is 9.59 Å². The minimum atomic E-state index is -0.618. The van der Waals surface area contributed by atoms with E-state index in [4.69, 9.17) is 5.73 Å². The zero-order chi connectivity index (χ0) is 15.4. The molecule has 1 aromatic carbocycles. The van der Waals surface area contributed by atoms with Gasteiger partial charge in [0.15, 0.2) is 0 Å². The number of nitrogens with zero attached hydrogens (tertiary/aromatic N) is 2. The molecule has 1 fully saturated rings. The van der Waals surface area contributed by atoms with Gasteiger partial charge in [0.1, 0.15) is 6.04 Å². The highest BCUT2D eigenvalue weighted by atomic mass is 16.2. The van der Waals surface area contributed by atoms with E-state index < -0.39 is 6.04 Å². The van der Waals surface area contributed by atoms with Crippen molar-refractivity contribution in [3.05, 3.63) is 35.9 Å². The molecule has 0 bridgehead atoms. The van der Waals surface area contributed by atoms with Crippen molar-refractivity contribution >= 4 is 11.8 Å². The Hall–Kier alpha value is -1.88. The molecule has 114 valence electrons. The lowest BCUT2D eigenvalue weighted by molar-refractivity contribution is -0.139. The number of benzene rings is 1. The Labute approximate surface area is 125 Å². The Balaban J connectivity index is 1.93. The fraction of sp³-hybridized carbons (Fsp3) is 0.500. The number of likely N-dealkylation sites (tertiary alicyclic amines) is 1. The number of hydrogen-bond donors (Lipinski definition) is 1. The SMILES string of the molecule is CN(C)C(=O)C1CCN(C(=O)C(N)c2ccccc2)CC1. The third kappa shape index (κ3) is 3.61. The second-order valence-corrected chi connectivity index (χ2v) is 5.72. The molecule has 0 radical (unpaired) electrons. The van der Waals surface area contributed by atoms with Crippen molar-refractivity contribution in [2.45, 2.75) is 18.9 Å². The van der Waals surface area contributed by atoms with Crippen LogP contribution < -0.4 is 5.73 Å². The average Bonchev–Trinajstić information content (AvgIpc) is 2.53. The van der Waals surface area contributed by atoms with Crippen molar-refractivity contribution in [2.75, 3.05) is 27.2 Å². The Morgan fingerprint density at radius 1 is 1.19 bits per heavy atom. The molecule has 2 rings (SSSR count). The van der Waals surface area contributed by atoms with Gasteiger partial charge >= 0.3 is 0 Å². The highest BCUT2D eigenvalue weighted by molar-refractivity contribution is 5.84. The molecule has 0 aliphatic carbocycles. The minimum absolute atomic E-state index is 0.0250. The largest absolute Gasteiger partial charge is 0.349 e. The first-order chi connectivity index (χ1) is 10.0. The number of nitrogens with two attached hydrogens (primary N) is 1. The van der Waals surface area contributed by atoms with Crippen molar-refractivity contribution in [1.29, 1.82) is 0 Å². The number of hydrogen-bond acceptors (Lipinski definition) is 3. The van der Waals surface area contributed by atoms with Crippen molar-refractivity contribution in [3.63, 3.8) is 0 Å². The summed E-state index contributed by atoms with van der Waals surface area (Å²) in [6.45, 7) is 1.20. The van der Waals surface area contributed by atoms with Gasteiger partial charge in [0.25, 0.3) is 0 Å². The molecular weight excluding hydrogens is 266 g/mol. The van der Waals surface area contributed by atoms with Crippen LogP contribution in [0.2, 0.25) is 0 Å². The maximum Gasteiger partial charge on any atom is 0.244 e. The fourth-order valence-electron chi connectivity index (χ4n) is 2.71. The van der Waals surface area contributed by atoms with Gasteiger partial charge in [-0.25, -0.2) is 0 Å². The number of rotatable bonds is 3. The third-order valence-corrected chi connectivity index (χ3v) is 4.02. The maximum absolute atomic E-state index is 12.4. The van der Waals surface area contributed by atoms with Crippen LogP contribution in [0.3, 0.4) is 0 Å². The van der Waals surface area contributed by atoms with E-state index in [1.807, 2.05) is 30.3 Å². The summed E-state index contributed by atoms with van der Waals surface area (Å²) in [4.78, 5) is 27.7. The molecular formula is C16H23N3O2. The van der Waals surface area contributed by atoms with Crippen LogP contribution >= 0.6 is 0 Å². The molecule has 2 amide bonds. The van der Waals surface area contributed by atoms with Gasteiger partial charge in [-0.3, -0.25) is 9.59 Å². The molecule has 1 aromatic rings. The summed E-state index contributed by atoms with van der Waals surface area (Å²) in [5.74, 6) is 0.114. The maximum atomic E-state index is 12.4. The lowest BCUT2D eigenvalue weighted by atomic mass is 9.94. The Bertz CT molecular complexity index is 494. The Morgan fingerprint density at radius 2 is 1.76 bits per heavy atom. The molecule has 1 heterocycles. The van der Waals surface area contributed by atoms with Gasteiger partial charge in [0, 0.05) is 33.1 Å². The molecule has 5 nitrogen and oxygen atoms in total. The smallest absolute Gasteiger partial charge is 0.244 e. The van der Waals surface area contributed by atoms with Crippen LogP contribution in [0.5, 0.6) is 0 Å². The van der Waals surface area contributed by atoms with Crippen LogP contribution in [0.1, 0.15) is 24.4 Å². The van der Waals surface area contributed by atoms with Gasteiger partial charge in [-0.2, -0.15) is 0 Å². The van der Waals surface area contributed by atoms with Gasteiger partial charge in [0.05, 0.1) is 0 Å². The number of carbonyl (C=O) groups excluding carboxylic acids is 2. The number of carbonyl (C=O) groups is 2. The van der Waals surface area contributed by atoms with Crippen molar-refractivity contribution in [2.24, 2.45) is 11.7 Å². The molecule has 1 aliphatic heterocycles. The van der Waals surface area contributed by atoms with Gasteiger partial charge in [-0.15, -0.1) is 0 Å². The van der Waals surface area contributed by atoms with E-state index in [-0.39, 0.29) is 17.7 Å². The highest BCUT2D eigenvalue weighted by Crippen LogP contribution is 2.21. The molecule has 1 atom stereocenters. The predicted octanol–water partition coefficient (Wildman–Crippen LogP) is 1.01. The van der Waals surface area contributed by atoms with Gasteiger partial charge < -0.3 is 15.5 Å². The molecule has 21 heavy (non-hydrogen) atoms. The summed E-state index contributed by atoms with van der Waals surface area (Å²) in [6, 6.07) is 8.77.